The van der Waals surface area contributed by atoms with Gasteiger partial charge in [0.1, 0.15) is 17.0 Å². The molecule has 2 aliphatic carbocycles. The quantitative estimate of drug-likeness (QED) is 0.262. The number of hydrogen-bond acceptors (Lipinski definition) is 8. The summed E-state index contributed by atoms with van der Waals surface area (Å²) in [5.74, 6) is 2.56. The molecule has 190 valence electrons. The van der Waals surface area contributed by atoms with Gasteiger partial charge < -0.3 is 21.4 Å². The van der Waals surface area contributed by atoms with Crippen LogP contribution >= 0.6 is 11.3 Å². The Morgan fingerprint density at radius 3 is 2.72 bits per heavy atom. The summed E-state index contributed by atoms with van der Waals surface area (Å²) in [6.07, 6.45) is 10.1. The number of nitrogens with two attached hydrogens (primary N) is 1. The third-order valence-electron chi connectivity index (χ3n) is 7.37. The molecule has 1 saturated carbocycles. The Bertz CT molecular complexity index is 1230. The molecule has 0 spiro atoms. The second-order valence-electron chi connectivity index (χ2n) is 10.3. The number of aromatic nitrogens is 2. The summed E-state index contributed by atoms with van der Waals surface area (Å²) in [6.45, 7) is 7.59. The number of nitrogens with one attached hydrogen (secondary N) is 2. The highest BCUT2D eigenvalue weighted by molar-refractivity contribution is 7.19. The number of rotatable bonds is 6. The minimum absolute atomic E-state index is 0.602. The average Bonchev–Trinajstić information content (AvgIpc) is 3.63. The molecule has 2 aromatic heterocycles. The van der Waals surface area contributed by atoms with Crippen LogP contribution in [0.1, 0.15) is 42.2 Å². The van der Waals surface area contributed by atoms with E-state index in [4.69, 9.17) is 11.1 Å². The van der Waals surface area contributed by atoms with Crippen LogP contribution < -0.4 is 11.1 Å². The number of carbonyl (C=O) groups is 1. The second-order valence-corrected chi connectivity index (χ2v) is 11.3. The lowest BCUT2D eigenvalue weighted by atomic mass is 9.89. The summed E-state index contributed by atoms with van der Waals surface area (Å²) in [5, 5.41) is 12.0. The summed E-state index contributed by atoms with van der Waals surface area (Å²) in [4.78, 5) is 26.2. The van der Waals surface area contributed by atoms with Gasteiger partial charge in [0.2, 0.25) is 6.41 Å². The molecule has 1 saturated heterocycles. The Kier molecular flexibility index (Phi) is 7.48. The van der Waals surface area contributed by atoms with Crippen molar-refractivity contribution in [2.45, 2.75) is 39.0 Å². The van der Waals surface area contributed by atoms with E-state index in [9.17, 15) is 4.79 Å². The highest BCUT2D eigenvalue weighted by Crippen LogP contribution is 2.40. The fourth-order valence-corrected chi connectivity index (χ4v) is 6.35. The Morgan fingerprint density at radius 2 is 2.00 bits per heavy atom. The molecule has 1 aliphatic heterocycles. The van der Waals surface area contributed by atoms with Gasteiger partial charge in [-0.2, -0.15) is 0 Å². The smallest absolute Gasteiger partial charge is 0.209 e. The molecule has 4 N–H and O–H groups in total. The van der Waals surface area contributed by atoms with Crippen LogP contribution in [0.25, 0.3) is 10.2 Å². The van der Waals surface area contributed by atoms with Crippen LogP contribution in [0.15, 0.2) is 24.5 Å². The number of carbonyl (C=O) groups excluding carboxylic acids is 1. The van der Waals surface area contributed by atoms with E-state index in [0.29, 0.717) is 11.3 Å². The zero-order valence-corrected chi connectivity index (χ0v) is 21.7. The van der Waals surface area contributed by atoms with E-state index in [1.807, 2.05) is 23.1 Å². The first-order chi connectivity index (χ1) is 17.5. The first-order valence-corrected chi connectivity index (χ1v) is 13.7. The summed E-state index contributed by atoms with van der Waals surface area (Å²) in [6, 6.07) is 5.60. The molecule has 9 heteroatoms. The molecule has 1 unspecified atom stereocenters. The molecule has 8 nitrogen and oxygen atoms in total. The van der Waals surface area contributed by atoms with Crippen molar-refractivity contribution in [2.24, 2.45) is 11.8 Å². The van der Waals surface area contributed by atoms with E-state index in [0.717, 1.165) is 79.0 Å². The fraction of sp³-hybridized carbons (Fsp3) is 0.481. The van der Waals surface area contributed by atoms with Gasteiger partial charge in [0, 0.05) is 60.8 Å². The molecule has 36 heavy (non-hydrogen) atoms. The molecule has 3 aliphatic rings. The standard InChI is InChI=1S/C18H19N5S.C9H16N2O/c1-10-2-4-13-15(6-10)24-18-16(13)17(21-9-22-18)23-12-3-5-14(20)11(7-12)8-19;12-8-11-5-3-10(4-6-11)7-9-1-2-9/h3,5,7-10,19H,2,4,6,20H2,1H3,(H,21,22,23);8-9H,1-7H2. The monoisotopic (exact) mass is 505 g/mol. The summed E-state index contributed by atoms with van der Waals surface area (Å²) in [7, 11) is 0. The number of anilines is 3. The van der Waals surface area contributed by atoms with Crippen LogP contribution in [0.2, 0.25) is 0 Å². The maximum atomic E-state index is 10.4. The highest BCUT2D eigenvalue weighted by Gasteiger charge is 2.26. The highest BCUT2D eigenvalue weighted by atomic mass is 32.1. The van der Waals surface area contributed by atoms with Crippen molar-refractivity contribution in [1.29, 1.82) is 5.41 Å². The lowest BCUT2D eigenvalue weighted by Crippen LogP contribution is -2.46. The Hall–Kier alpha value is -3.04. The molecule has 3 aromatic rings. The van der Waals surface area contributed by atoms with Crippen molar-refractivity contribution in [3.8, 4) is 0 Å². The van der Waals surface area contributed by atoms with E-state index < -0.39 is 0 Å². The largest absolute Gasteiger partial charge is 0.398 e. The minimum Gasteiger partial charge on any atom is -0.398 e. The maximum absolute atomic E-state index is 10.4. The van der Waals surface area contributed by atoms with Gasteiger partial charge in [0.15, 0.2) is 0 Å². The van der Waals surface area contributed by atoms with Crippen molar-refractivity contribution >= 4 is 51.4 Å². The third-order valence-corrected chi connectivity index (χ3v) is 8.53. The normalized spacial score (nSPS) is 19.8. The number of hydrogen-bond donors (Lipinski definition) is 3. The number of amides is 1. The summed E-state index contributed by atoms with van der Waals surface area (Å²) >= 11 is 1.79. The van der Waals surface area contributed by atoms with Crippen LogP contribution in [0.3, 0.4) is 0 Å². The summed E-state index contributed by atoms with van der Waals surface area (Å²) < 4.78 is 0. The number of nitrogens with zero attached hydrogens (tertiary/aromatic N) is 4. The van der Waals surface area contributed by atoms with E-state index in [1.54, 1.807) is 17.7 Å². The van der Waals surface area contributed by atoms with E-state index in [2.05, 4.69) is 27.1 Å². The van der Waals surface area contributed by atoms with Gasteiger partial charge in [-0.3, -0.25) is 9.69 Å². The topological polar surface area (TPSA) is 111 Å². The van der Waals surface area contributed by atoms with Crippen LogP contribution in [0.4, 0.5) is 17.2 Å². The van der Waals surface area contributed by atoms with Gasteiger partial charge in [0.25, 0.3) is 0 Å². The van der Waals surface area contributed by atoms with Crippen LogP contribution in [-0.2, 0) is 17.6 Å². The Morgan fingerprint density at radius 1 is 1.19 bits per heavy atom. The number of benzene rings is 1. The zero-order chi connectivity index (χ0) is 25.1. The summed E-state index contributed by atoms with van der Waals surface area (Å²) in [5.41, 5.74) is 9.45. The second kappa shape index (κ2) is 10.9. The molecular formula is C27H35N7OS. The van der Waals surface area contributed by atoms with E-state index >= 15 is 0 Å². The lowest BCUT2D eigenvalue weighted by molar-refractivity contribution is -0.119. The SMILES string of the molecule is CC1CCc2c(sc3ncnc(Nc4ccc(N)c(C=N)c4)c23)C1.O=CN1CCN(CC2CC2)CC1. The van der Waals surface area contributed by atoms with Crippen molar-refractivity contribution in [3.05, 3.63) is 40.5 Å². The molecule has 1 amide bonds. The van der Waals surface area contributed by atoms with E-state index in [1.165, 1.54) is 42.5 Å². The molecule has 6 rings (SSSR count). The zero-order valence-electron chi connectivity index (χ0n) is 20.9. The van der Waals surface area contributed by atoms with Crippen molar-refractivity contribution in [3.63, 3.8) is 0 Å². The molecule has 0 radical (unpaired) electrons. The first kappa shape index (κ1) is 24.6. The maximum Gasteiger partial charge on any atom is 0.209 e. The molecule has 2 fully saturated rings. The number of nitrogen functional groups attached to an aromatic ring is 1. The predicted molar refractivity (Wildman–Crippen MR) is 147 cm³/mol. The number of piperazine rings is 1. The third kappa shape index (κ3) is 5.68. The van der Waals surface area contributed by atoms with Gasteiger partial charge in [-0.1, -0.05) is 6.92 Å². The molecule has 0 bridgehead atoms. The average molecular weight is 506 g/mol. The molecular weight excluding hydrogens is 470 g/mol. The Labute approximate surface area is 216 Å². The molecule has 3 heterocycles. The van der Waals surface area contributed by atoms with Crippen LogP contribution in [0, 0.1) is 17.2 Å². The number of thiophene rings is 1. The van der Waals surface area contributed by atoms with Gasteiger partial charge in [-0.05, 0) is 67.7 Å². The van der Waals surface area contributed by atoms with Crippen molar-refractivity contribution in [2.75, 3.05) is 43.8 Å². The van der Waals surface area contributed by atoms with Crippen molar-refractivity contribution in [1.82, 2.24) is 19.8 Å². The number of aryl methyl sites for hydroxylation is 1. The fourth-order valence-electron chi connectivity index (χ4n) is 5.00. The van der Waals surface area contributed by atoms with Crippen molar-refractivity contribution < 1.29 is 4.79 Å². The predicted octanol–water partition coefficient (Wildman–Crippen LogP) is 4.31. The lowest BCUT2D eigenvalue weighted by Gasteiger charge is -2.32. The molecule has 1 atom stereocenters. The minimum atomic E-state index is 0.602. The molecule has 1 aromatic carbocycles. The Balaban J connectivity index is 0.000000186. The van der Waals surface area contributed by atoms with Gasteiger partial charge >= 0.3 is 0 Å². The van der Waals surface area contributed by atoms with Crippen LogP contribution in [-0.4, -0.2) is 65.1 Å². The first-order valence-electron chi connectivity index (χ1n) is 12.9. The van der Waals surface area contributed by atoms with E-state index in [-0.39, 0.29) is 0 Å². The van der Waals surface area contributed by atoms with Gasteiger partial charge in [-0.25, -0.2) is 9.97 Å². The van der Waals surface area contributed by atoms with Gasteiger partial charge in [0.05, 0.1) is 5.39 Å². The van der Waals surface area contributed by atoms with Crippen LogP contribution in [0.5, 0.6) is 0 Å². The van der Waals surface area contributed by atoms with Gasteiger partial charge in [-0.15, -0.1) is 11.3 Å². The number of fused-ring (bicyclic) bond motifs is 3.